The maximum absolute atomic E-state index is 9.30. The maximum Gasteiger partial charge on any atom is 0.137 e. The molecular weight excluding hydrogens is 226 g/mol. The molecule has 0 radical (unpaired) electrons. The first-order valence-corrected chi connectivity index (χ1v) is 6.57. The van der Waals surface area contributed by atoms with Crippen molar-refractivity contribution in [3.63, 3.8) is 0 Å². The van der Waals surface area contributed by atoms with Crippen LogP contribution in [0.4, 0.5) is 0 Å². The minimum absolute atomic E-state index is 0.0921. The van der Waals surface area contributed by atoms with E-state index in [0.29, 0.717) is 11.3 Å². The number of hydrogen-bond donors (Lipinski definition) is 1. The summed E-state index contributed by atoms with van der Waals surface area (Å²) in [6.07, 6.45) is 5.95. The third-order valence-corrected chi connectivity index (χ3v) is 2.88. The molecular formula is C15H21NO2. The lowest BCUT2D eigenvalue weighted by Gasteiger charge is -2.15. The molecule has 1 atom stereocenters. The Morgan fingerprint density at radius 2 is 2.11 bits per heavy atom. The van der Waals surface area contributed by atoms with Crippen LogP contribution in [-0.4, -0.2) is 11.2 Å². The van der Waals surface area contributed by atoms with E-state index in [0.717, 1.165) is 12.8 Å². The van der Waals surface area contributed by atoms with Crippen LogP contribution in [0.25, 0.3) is 0 Å². The average molecular weight is 247 g/mol. The van der Waals surface area contributed by atoms with Gasteiger partial charge in [-0.25, -0.2) is 0 Å². The molecule has 98 valence electrons. The summed E-state index contributed by atoms with van der Waals surface area (Å²) >= 11 is 0. The fraction of sp³-hybridized carbons (Fsp3) is 0.533. The van der Waals surface area contributed by atoms with Gasteiger partial charge in [0, 0.05) is 6.07 Å². The number of nitrogens with zero attached hydrogens (tertiary/aromatic N) is 1. The molecule has 1 aromatic carbocycles. The van der Waals surface area contributed by atoms with E-state index in [-0.39, 0.29) is 11.9 Å². The quantitative estimate of drug-likeness (QED) is 0.741. The molecule has 0 spiro atoms. The van der Waals surface area contributed by atoms with Crippen LogP contribution in [0.5, 0.6) is 11.5 Å². The van der Waals surface area contributed by atoms with E-state index < -0.39 is 0 Å². The number of phenolic OH excluding ortho intramolecular Hbond substituents is 1. The molecule has 0 aliphatic carbocycles. The summed E-state index contributed by atoms with van der Waals surface area (Å²) in [5.41, 5.74) is 0.385. The van der Waals surface area contributed by atoms with E-state index >= 15 is 0 Å². The molecule has 0 saturated carbocycles. The number of nitriles is 1. The highest BCUT2D eigenvalue weighted by molar-refractivity contribution is 5.47. The molecule has 0 saturated heterocycles. The van der Waals surface area contributed by atoms with Crippen LogP contribution in [0.1, 0.15) is 51.5 Å². The van der Waals surface area contributed by atoms with Gasteiger partial charge < -0.3 is 9.84 Å². The molecule has 0 aliphatic rings. The van der Waals surface area contributed by atoms with Gasteiger partial charge in [-0.15, -0.1) is 0 Å². The summed E-state index contributed by atoms with van der Waals surface area (Å²) in [4.78, 5) is 0. The van der Waals surface area contributed by atoms with Crippen LogP contribution in [0, 0.1) is 11.3 Å². The fourth-order valence-corrected chi connectivity index (χ4v) is 1.84. The number of rotatable bonds is 7. The van der Waals surface area contributed by atoms with Crippen LogP contribution >= 0.6 is 0 Å². The zero-order chi connectivity index (χ0) is 13.4. The van der Waals surface area contributed by atoms with Crippen molar-refractivity contribution >= 4 is 0 Å². The van der Waals surface area contributed by atoms with Crippen molar-refractivity contribution in [3.05, 3.63) is 23.8 Å². The van der Waals surface area contributed by atoms with Crippen molar-refractivity contribution in [1.29, 1.82) is 5.26 Å². The smallest absolute Gasteiger partial charge is 0.137 e. The standard InChI is InChI=1S/C15H21NO2/c1-3-4-5-6-7-12(2)18-15-9-8-14(17)10-13(15)11-16/h8-10,12,17H,3-7H2,1-2H3. The first-order chi connectivity index (χ1) is 8.67. The average Bonchev–Trinajstić information content (AvgIpc) is 2.37. The summed E-state index contributed by atoms with van der Waals surface area (Å²) in [6, 6.07) is 6.65. The van der Waals surface area contributed by atoms with Gasteiger partial charge in [0.05, 0.1) is 11.7 Å². The van der Waals surface area contributed by atoms with E-state index in [4.69, 9.17) is 10.00 Å². The van der Waals surface area contributed by atoms with Crippen LogP contribution in [0.3, 0.4) is 0 Å². The Hall–Kier alpha value is -1.69. The van der Waals surface area contributed by atoms with Gasteiger partial charge in [0.1, 0.15) is 17.6 Å². The lowest BCUT2D eigenvalue weighted by molar-refractivity contribution is 0.205. The number of unbranched alkanes of at least 4 members (excludes halogenated alkanes) is 3. The highest BCUT2D eigenvalue weighted by Crippen LogP contribution is 2.24. The Morgan fingerprint density at radius 1 is 1.33 bits per heavy atom. The SMILES string of the molecule is CCCCCCC(C)Oc1ccc(O)cc1C#N. The molecule has 3 heteroatoms. The van der Waals surface area contributed by atoms with Crippen molar-refractivity contribution < 1.29 is 9.84 Å². The van der Waals surface area contributed by atoms with Gasteiger partial charge in [-0.05, 0) is 31.9 Å². The molecule has 1 N–H and O–H groups in total. The van der Waals surface area contributed by atoms with Crippen LogP contribution in [-0.2, 0) is 0 Å². The molecule has 1 unspecified atom stereocenters. The van der Waals surface area contributed by atoms with E-state index in [9.17, 15) is 5.11 Å². The molecule has 1 rings (SSSR count). The second kappa shape index (κ2) is 7.60. The van der Waals surface area contributed by atoms with Gasteiger partial charge in [0.25, 0.3) is 0 Å². The highest BCUT2D eigenvalue weighted by atomic mass is 16.5. The van der Waals surface area contributed by atoms with Crippen molar-refractivity contribution in [3.8, 4) is 17.6 Å². The molecule has 1 aromatic rings. The zero-order valence-corrected chi connectivity index (χ0v) is 11.1. The number of aromatic hydroxyl groups is 1. The summed E-state index contributed by atoms with van der Waals surface area (Å²) in [5.74, 6) is 0.646. The highest BCUT2D eigenvalue weighted by Gasteiger charge is 2.09. The van der Waals surface area contributed by atoms with Crippen molar-refractivity contribution in [2.24, 2.45) is 0 Å². The number of phenols is 1. The molecule has 3 nitrogen and oxygen atoms in total. The lowest BCUT2D eigenvalue weighted by atomic mass is 10.1. The van der Waals surface area contributed by atoms with Crippen molar-refractivity contribution in [2.75, 3.05) is 0 Å². The van der Waals surface area contributed by atoms with Gasteiger partial charge in [0.15, 0.2) is 0 Å². The van der Waals surface area contributed by atoms with E-state index in [2.05, 4.69) is 6.92 Å². The Bertz CT molecular complexity index is 409. The normalized spacial score (nSPS) is 11.8. The van der Waals surface area contributed by atoms with E-state index in [1.54, 1.807) is 12.1 Å². The molecule has 0 aromatic heterocycles. The number of benzene rings is 1. The third-order valence-electron chi connectivity index (χ3n) is 2.88. The fourth-order valence-electron chi connectivity index (χ4n) is 1.84. The Kier molecular flexibility index (Phi) is 6.07. The second-order valence-electron chi connectivity index (χ2n) is 4.57. The predicted octanol–water partition coefficient (Wildman–Crippen LogP) is 4.00. The van der Waals surface area contributed by atoms with Gasteiger partial charge >= 0.3 is 0 Å². The summed E-state index contributed by atoms with van der Waals surface area (Å²) in [7, 11) is 0. The van der Waals surface area contributed by atoms with Crippen LogP contribution in [0.2, 0.25) is 0 Å². The molecule has 0 heterocycles. The van der Waals surface area contributed by atoms with Crippen LogP contribution in [0.15, 0.2) is 18.2 Å². The van der Waals surface area contributed by atoms with Crippen molar-refractivity contribution in [1.82, 2.24) is 0 Å². The van der Waals surface area contributed by atoms with Gasteiger partial charge in [0.2, 0.25) is 0 Å². The monoisotopic (exact) mass is 247 g/mol. The Balaban J connectivity index is 2.49. The topological polar surface area (TPSA) is 53.2 Å². The molecule has 18 heavy (non-hydrogen) atoms. The number of ether oxygens (including phenoxy) is 1. The zero-order valence-electron chi connectivity index (χ0n) is 11.1. The molecule has 0 aliphatic heterocycles. The molecule has 0 fully saturated rings. The summed E-state index contributed by atoms with van der Waals surface area (Å²) < 4.78 is 5.74. The Labute approximate surface area is 109 Å². The molecule has 0 amide bonds. The minimum atomic E-state index is 0.0921. The largest absolute Gasteiger partial charge is 0.508 e. The van der Waals surface area contributed by atoms with Crippen LogP contribution < -0.4 is 4.74 Å². The molecule has 0 bridgehead atoms. The summed E-state index contributed by atoms with van der Waals surface area (Å²) in [6.45, 7) is 4.20. The second-order valence-corrected chi connectivity index (χ2v) is 4.57. The van der Waals surface area contributed by atoms with Gasteiger partial charge in [-0.3, -0.25) is 0 Å². The van der Waals surface area contributed by atoms with Crippen molar-refractivity contribution in [2.45, 2.75) is 52.1 Å². The minimum Gasteiger partial charge on any atom is -0.508 e. The van der Waals surface area contributed by atoms with E-state index in [1.807, 2.05) is 13.0 Å². The number of hydrogen-bond acceptors (Lipinski definition) is 3. The summed E-state index contributed by atoms with van der Waals surface area (Å²) in [5, 5.41) is 18.3. The Morgan fingerprint density at radius 3 is 2.78 bits per heavy atom. The van der Waals surface area contributed by atoms with Gasteiger partial charge in [-0.1, -0.05) is 26.2 Å². The predicted molar refractivity (Wildman–Crippen MR) is 71.7 cm³/mol. The maximum atomic E-state index is 9.30. The van der Waals surface area contributed by atoms with E-state index in [1.165, 1.54) is 25.3 Å². The first kappa shape index (κ1) is 14.4. The van der Waals surface area contributed by atoms with Gasteiger partial charge in [-0.2, -0.15) is 5.26 Å². The first-order valence-electron chi connectivity index (χ1n) is 6.57. The lowest BCUT2D eigenvalue weighted by Crippen LogP contribution is -2.12. The third kappa shape index (κ3) is 4.67.